The van der Waals surface area contributed by atoms with Crippen molar-refractivity contribution in [3.8, 4) is 5.75 Å². The van der Waals surface area contributed by atoms with Gasteiger partial charge in [0.05, 0.1) is 0 Å². The summed E-state index contributed by atoms with van der Waals surface area (Å²) >= 11 is 0. The molecule has 0 radical (unpaired) electrons. The van der Waals surface area contributed by atoms with E-state index in [1.54, 1.807) is 4.90 Å². The van der Waals surface area contributed by atoms with Crippen molar-refractivity contribution in [3.63, 3.8) is 0 Å². The van der Waals surface area contributed by atoms with Crippen molar-refractivity contribution in [2.24, 2.45) is 5.92 Å². The fraction of sp³-hybridized carbons (Fsp3) is 0.571. The molecule has 28 heavy (non-hydrogen) atoms. The molecular formula is C21H25N3O4. The minimum absolute atomic E-state index is 0.146. The van der Waals surface area contributed by atoms with Crippen LogP contribution in [0.1, 0.15) is 48.0 Å². The van der Waals surface area contributed by atoms with Crippen molar-refractivity contribution in [2.45, 2.75) is 56.8 Å². The average molecular weight is 383 g/mol. The zero-order chi connectivity index (χ0) is 19.4. The number of fused-ring (bicyclic) bond motifs is 2. The topological polar surface area (TPSA) is 79.0 Å². The minimum Gasteiger partial charge on any atom is -0.489 e. The van der Waals surface area contributed by atoms with E-state index in [1.807, 2.05) is 18.2 Å². The number of hydrogen-bond acceptors (Lipinski definition) is 5. The Bertz CT molecular complexity index is 854. The van der Waals surface area contributed by atoms with Crippen molar-refractivity contribution in [1.82, 2.24) is 15.1 Å². The standard InChI is InChI=1S/C21H25N3O4/c1-23-9-8-12-2-6-17(19(12)23)28-14-3-4-15-13(10-14)11-24(21(15)27)16-5-7-18(25)22-20(16)26/h3-4,10,12,16-17,19H,2,5-9,11H2,1H3,(H,22,25,26)/t12-,16?,17?,19+/m1/s1. The molecule has 0 aromatic heterocycles. The van der Waals surface area contributed by atoms with Gasteiger partial charge in [0.1, 0.15) is 17.9 Å². The molecule has 7 heteroatoms. The number of piperidine rings is 1. The highest BCUT2D eigenvalue weighted by molar-refractivity contribution is 6.05. The quantitative estimate of drug-likeness (QED) is 0.797. The van der Waals surface area contributed by atoms with Crippen LogP contribution in [0.3, 0.4) is 0 Å². The fourth-order valence-electron chi connectivity index (χ4n) is 5.43. The van der Waals surface area contributed by atoms with Crippen molar-refractivity contribution >= 4 is 17.7 Å². The zero-order valence-electron chi connectivity index (χ0n) is 16.0. The Morgan fingerprint density at radius 2 is 1.96 bits per heavy atom. The summed E-state index contributed by atoms with van der Waals surface area (Å²) in [6, 6.07) is 5.53. The first kappa shape index (κ1) is 17.7. The van der Waals surface area contributed by atoms with E-state index in [-0.39, 0.29) is 30.2 Å². The van der Waals surface area contributed by atoms with Gasteiger partial charge in [0, 0.05) is 24.6 Å². The number of amides is 3. The first-order chi connectivity index (χ1) is 13.5. The molecule has 3 fully saturated rings. The molecule has 1 saturated carbocycles. The number of likely N-dealkylation sites (tertiary alicyclic amines) is 1. The lowest BCUT2D eigenvalue weighted by atomic mass is 10.0. The number of nitrogens with one attached hydrogen (secondary N) is 1. The second kappa shape index (κ2) is 6.58. The highest BCUT2D eigenvalue weighted by atomic mass is 16.5. The van der Waals surface area contributed by atoms with Crippen LogP contribution in [0.15, 0.2) is 18.2 Å². The molecule has 4 aliphatic rings. The first-order valence-corrected chi connectivity index (χ1v) is 10.2. The van der Waals surface area contributed by atoms with Crippen LogP contribution in [0.5, 0.6) is 5.75 Å². The molecule has 1 aromatic rings. The van der Waals surface area contributed by atoms with E-state index >= 15 is 0 Å². The number of likely N-dealkylation sites (N-methyl/N-ethyl adjacent to an activating group) is 1. The van der Waals surface area contributed by atoms with Gasteiger partial charge in [-0.2, -0.15) is 0 Å². The van der Waals surface area contributed by atoms with E-state index in [1.165, 1.54) is 12.8 Å². The SMILES string of the molecule is CN1CC[C@H]2CCC(Oc3ccc4c(c3)CN(C3CCC(=O)NC3=O)C4=O)[C@H]21. The Hall–Kier alpha value is -2.41. The molecule has 0 bridgehead atoms. The van der Waals surface area contributed by atoms with Crippen LogP contribution in [-0.2, 0) is 16.1 Å². The molecule has 1 aromatic carbocycles. The number of rotatable bonds is 3. The molecule has 148 valence electrons. The summed E-state index contributed by atoms with van der Waals surface area (Å²) in [5, 5.41) is 2.34. The third-order valence-corrected chi connectivity index (χ3v) is 6.83. The average Bonchev–Trinajstić information content (AvgIpc) is 3.32. The van der Waals surface area contributed by atoms with Gasteiger partial charge in [-0.15, -0.1) is 0 Å². The van der Waals surface area contributed by atoms with Gasteiger partial charge in [-0.1, -0.05) is 0 Å². The molecule has 7 nitrogen and oxygen atoms in total. The maximum Gasteiger partial charge on any atom is 0.255 e. The van der Waals surface area contributed by atoms with Gasteiger partial charge in [-0.3, -0.25) is 24.6 Å². The van der Waals surface area contributed by atoms with Crippen LogP contribution in [0.2, 0.25) is 0 Å². The molecule has 3 amide bonds. The maximum atomic E-state index is 12.8. The Balaban J connectivity index is 1.32. The molecule has 5 rings (SSSR count). The third kappa shape index (κ3) is 2.80. The van der Waals surface area contributed by atoms with Crippen molar-refractivity contribution in [3.05, 3.63) is 29.3 Å². The molecular weight excluding hydrogens is 358 g/mol. The van der Waals surface area contributed by atoms with Crippen LogP contribution < -0.4 is 10.1 Å². The van der Waals surface area contributed by atoms with E-state index in [9.17, 15) is 14.4 Å². The monoisotopic (exact) mass is 383 g/mol. The second-order valence-corrected chi connectivity index (χ2v) is 8.47. The maximum absolute atomic E-state index is 12.8. The van der Waals surface area contributed by atoms with E-state index in [2.05, 4.69) is 17.3 Å². The fourth-order valence-corrected chi connectivity index (χ4v) is 5.43. The van der Waals surface area contributed by atoms with Crippen LogP contribution in [0.4, 0.5) is 0 Å². The summed E-state index contributed by atoms with van der Waals surface area (Å²) in [7, 11) is 2.17. The predicted molar refractivity (Wildman–Crippen MR) is 101 cm³/mol. The smallest absolute Gasteiger partial charge is 0.255 e. The van der Waals surface area contributed by atoms with Gasteiger partial charge in [0.25, 0.3) is 5.91 Å². The summed E-state index contributed by atoms with van der Waals surface area (Å²) in [4.78, 5) is 40.3. The molecule has 2 unspecified atom stereocenters. The largest absolute Gasteiger partial charge is 0.489 e. The van der Waals surface area contributed by atoms with Gasteiger partial charge < -0.3 is 9.64 Å². The van der Waals surface area contributed by atoms with Crippen molar-refractivity contribution in [1.29, 1.82) is 0 Å². The van der Waals surface area contributed by atoms with Crippen LogP contribution in [0.25, 0.3) is 0 Å². The Kier molecular flexibility index (Phi) is 4.16. The lowest BCUT2D eigenvalue weighted by molar-refractivity contribution is -0.136. The molecule has 3 heterocycles. The van der Waals surface area contributed by atoms with Gasteiger partial charge in [-0.25, -0.2) is 0 Å². The second-order valence-electron chi connectivity index (χ2n) is 8.47. The molecule has 1 N–H and O–H groups in total. The van der Waals surface area contributed by atoms with E-state index in [4.69, 9.17) is 4.74 Å². The first-order valence-electron chi connectivity index (χ1n) is 10.2. The summed E-state index contributed by atoms with van der Waals surface area (Å²) in [5.41, 5.74) is 1.51. The number of ether oxygens (including phenoxy) is 1. The van der Waals surface area contributed by atoms with E-state index in [0.29, 0.717) is 24.6 Å². The van der Waals surface area contributed by atoms with Gasteiger partial charge >= 0.3 is 0 Å². The molecule has 0 spiro atoms. The number of hydrogen-bond donors (Lipinski definition) is 1. The summed E-state index contributed by atoms with van der Waals surface area (Å²) in [6.45, 7) is 1.52. The third-order valence-electron chi connectivity index (χ3n) is 6.83. The Labute approximate surface area is 164 Å². The number of carbonyl (C=O) groups excluding carboxylic acids is 3. The lowest BCUT2D eigenvalue weighted by Gasteiger charge is -2.29. The predicted octanol–water partition coefficient (Wildman–Crippen LogP) is 1.31. The minimum atomic E-state index is -0.579. The molecule has 1 aliphatic carbocycles. The summed E-state index contributed by atoms with van der Waals surface area (Å²) in [5.74, 6) is 0.729. The summed E-state index contributed by atoms with van der Waals surface area (Å²) < 4.78 is 6.34. The molecule has 2 saturated heterocycles. The van der Waals surface area contributed by atoms with Gasteiger partial charge in [0.15, 0.2) is 0 Å². The number of carbonyl (C=O) groups is 3. The molecule has 4 atom stereocenters. The molecule has 3 aliphatic heterocycles. The summed E-state index contributed by atoms with van der Waals surface area (Å²) in [6.07, 6.45) is 4.37. The van der Waals surface area contributed by atoms with Crippen LogP contribution in [-0.4, -0.2) is 59.3 Å². The zero-order valence-corrected chi connectivity index (χ0v) is 16.0. The van der Waals surface area contributed by atoms with Crippen molar-refractivity contribution in [2.75, 3.05) is 13.6 Å². The van der Waals surface area contributed by atoms with Crippen molar-refractivity contribution < 1.29 is 19.1 Å². The Morgan fingerprint density at radius 3 is 2.79 bits per heavy atom. The van der Waals surface area contributed by atoms with Gasteiger partial charge in [0.2, 0.25) is 11.8 Å². The lowest BCUT2D eigenvalue weighted by Crippen LogP contribution is -2.52. The van der Waals surface area contributed by atoms with Crippen LogP contribution >= 0.6 is 0 Å². The number of benzene rings is 1. The van der Waals surface area contributed by atoms with E-state index < -0.39 is 6.04 Å². The van der Waals surface area contributed by atoms with Crippen LogP contribution in [0, 0.1) is 5.92 Å². The highest BCUT2D eigenvalue weighted by Gasteiger charge is 2.44. The van der Waals surface area contributed by atoms with Gasteiger partial charge in [-0.05, 0) is 69.0 Å². The highest BCUT2D eigenvalue weighted by Crippen LogP contribution is 2.39. The number of nitrogens with zero attached hydrogens (tertiary/aromatic N) is 2. The normalized spacial score (nSPS) is 32.5. The number of imide groups is 1. The van der Waals surface area contributed by atoms with E-state index in [0.717, 1.165) is 30.2 Å². The Morgan fingerprint density at radius 1 is 1.11 bits per heavy atom.